The van der Waals surface area contributed by atoms with Crippen LogP contribution in [0.1, 0.15) is 20.3 Å². The molecule has 9 heteroatoms. The fourth-order valence-corrected chi connectivity index (χ4v) is 3.36. The minimum Gasteiger partial charge on any atom is -0.396 e. The molecule has 0 aromatic heterocycles. The second-order valence-electron chi connectivity index (χ2n) is 4.85. The Morgan fingerprint density at radius 3 is 2.52 bits per heavy atom. The lowest BCUT2D eigenvalue weighted by Crippen LogP contribution is -2.39. The van der Waals surface area contributed by atoms with Gasteiger partial charge in [-0.25, -0.2) is 17.5 Å². The first-order valence-electron chi connectivity index (χ1n) is 6.26. The summed E-state index contributed by atoms with van der Waals surface area (Å²) in [6.07, 6.45) is 0.173. The highest BCUT2D eigenvalue weighted by atomic mass is 32.2. The summed E-state index contributed by atoms with van der Waals surface area (Å²) in [5.74, 6) is -1.01. The average Bonchev–Trinajstić information content (AvgIpc) is 2.37. The first-order valence-corrected chi connectivity index (χ1v) is 7.74. The smallest absolute Gasteiger partial charge is 0.292 e. The number of aliphatic hydroxyl groups excluding tert-OH is 1. The number of rotatable bonds is 7. The van der Waals surface area contributed by atoms with E-state index < -0.39 is 37.4 Å². The van der Waals surface area contributed by atoms with Crippen LogP contribution in [0.15, 0.2) is 23.1 Å². The van der Waals surface area contributed by atoms with E-state index in [9.17, 15) is 22.9 Å². The van der Waals surface area contributed by atoms with Crippen molar-refractivity contribution in [2.45, 2.75) is 31.2 Å². The fraction of sp³-hybridized carbons (Fsp3) is 0.500. The highest BCUT2D eigenvalue weighted by molar-refractivity contribution is 7.89. The molecule has 0 amide bonds. The van der Waals surface area contributed by atoms with Gasteiger partial charge in [0.25, 0.3) is 5.69 Å². The van der Waals surface area contributed by atoms with Gasteiger partial charge in [-0.1, -0.05) is 13.8 Å². The summed E-state index contributed by atoms with van der Waals surface area (Å²) in [5.41, 5.74) is -0.825. The second-order valence-corrected chi connectivity index (χ2v) is 6.54. The molecule has 118 valence electrons. The van der Waals surface area contributed by atoms with Gasteiger partial charge in [0.15, 0.2) is 4.90 Å². The van der Waals surface area contributed by atoms with Crippen LogP contribution in [-0.2, 0) is 10.0 Å². The van der Waals surface area contributed by atoms with Crippen molar-refractivity contribution < 1.29 is 22.8 Å². The summed E-state index contributed by atoms with van der Waals surface area (Å²) in [6, 6.07) is 1.68. The number of sulfonamides is 1. The van der Waals surface area contributed by atoms with Crippen LogP contribution >= 0.6 is 0 Å². The topological polar surface area (TPSA) is 110 Å². The molecular formula is C12H17FN2O5S. The van der Waals surface area contributed by atoms with Crippen LogP contribution in [-0.4, -0.2) is 31.1 Å². The molecule has 7 nitrogen and oxygen atoms in total. The molecule has 21 heavy (non-hydrogen) atoms. The van der Waals surface area contributed by atoms with E-state index >= 15 is 0 Å². The van der Waals surface area contributed by atoms with Crippen molar-refractivity contribution in [3.63, 3.8) is 0 Å². The molecular weight excluding hydrogens is 303 g/mol. The maximum Gasteiger partial charge on any atom is 0.292 e. The standard InChI is InChI=1S/C12H17FN2O5S/c1-8(2)10(5-6-16)14-21(19,20)12-4-3-9(13)7-11(12)15(17)18/h3-4,7-8,10,14,16H,5-6H2,1-2H3. The zero-order valence-electron chi connectivity index (χ0n) is 11.6. The molecule has 0 bridgehead atoms. The Morgan fingerprint density at radius 2 is 2.05 bits per heavy atom. The molecule has 0 aliphatic heterocycles. The van der Waals surface area contributed by atoms with Crippen molar-refractivity contribution in [1.29, 1.82) is 0 Å². The van der Waals surface area contributed by atoms with Crippen molar-refractivity contribution in [2.75, 3.05) is 6.61 Å². The van der Waals surface area contributed by atoms with E-state index in [4.69, 9.17) is 5.11 Å². The van der Waals surface area contributed by atoms with Gasteiger partial charge in [0.2, 0.25) is 10.0 Å². The predicted molar refractivity (Wildman–Crippen MR) is 73.7 cm³/mol. The third kappa shape index (κ3) is 4.45. The van der Waals surface area contributed by atoms with Crippen LogP contribution in [0.4, 0.5) is 10.1 Å². The molecule has 0 saturated carbocycles. The number of nitrogens with one attached hydrogen (secondary N) is 1. The summed E-state index contributed by atoms with van der Waals surface area (Å²) < 4.78 is 39.8. The largest absolute Gasteiger partial charge is 0.396 e. The summed E-state index contributed by atoms with van der Waals surface area (Å²) in [4.78, 5) is 9.32. The van der Waals surface area contributed by atoms with Crippen LogP contribution in [0.2, 0.25) is 0 Å². The molecule has 1 unspecified atom stereocenters. The maximum absolute atomic E-state index is 13.1. The first kappa shape index (κ1) is 17.5. The molecule has 0 radical (unpaired) electrons. The lowest BCUT2D eigenvalue weighted by atomic mass is 10.0. The van der Waals surface area contributed by atoms with Gasteiger partial charge in [-0.15, -0.1) is 0 Å². The van der Waals surface area contributed by atoms with E-state index in [-0.39, 0.29) is 18.9 Å². The van der Waals surface area contributed by atoms with Gasteiger partial charge in [0.1, 0.15) is 5.82 Å². The molecule has 1 aromatic carbocycles. The quantitative estimate of drug-likeness (QED) is 0.583. The van der Waals surface area contributed by atoms with Crippen LogP contribution in [0, 0.1) is 21.8 Å². The van der Waals surface area contributed by atoms with Crippen molar-refractivity contribution >= 4 is 15.7 Å². The lowest BCUT2D eigenvalue weighted by molar-refractivity contribution is -0.388. The van der Waals surface area contributed by atoms with Crippen LogP contribution < -0.4 is 4.72 Å². The Hall–Kier alpha value is -1.58. The number of nitro benzene ring substituents is 1. The molecule has 1 aromatic rings. The van der Waals surface area contributed by atoms with E-state index in [1.54, 1.807) is 13.8 Å². The number of halogens is 1. The SMILES string of the molecule is CC(C)C(CCO)NS(=O)(=O)c1ccc(F)cc1[N+](=O)[O-]. The third-order valence-corrected chi connectivity index (χ3v) is 4.50. The Bertz CT molecular complexity index is 618. The molecule has 1 atom stereocenters. The van der Waals surface area contributed by atoms with Crippen molar-refractivity contribution in [3.8, 4) is 0 Å². The molecule has 0 aliphatic carbocycles. The number of hydrogen-bond acceptors (Lipinski definition) is 5. The molecule has 0 fully saturated rings. The van der Waals surface area contributed by atoms with Gasteiger partial charge >= 0.3 is 0 Å². The normalized spacial score (nSPS) is 13.4. The van der Waals surface area contributed by atoms with Crippen molar-refractivity contribution in [3.05, 3.63) is 34.1 Å². The Morgan fingerprint density at radius 1 is 1.43 bits per heavy atom. The van der Waals surface area contributed by atoms with Gasteiger partial charge in [0, 0.05) is 12.6 Å². The number of hydrogen-bond donors (Lipinski definition) is 2. The summed E-state index contributed by atoms with van der Waals surface area (Å²) in [6.45, 7) is 3.28. The van der Waals surface area contributed by atoms with Gasteiger partial charge in [-0.3, -0.25) is 10.1 Å². The second kappa shape index (κ2) is 6.92. The van der Waals surface area contributed by atoms with Gasteiger partial charge in [-0.2, -0.15) is 0 Å². The van der Waals surface area contributed by atoms with E-state index in [0.29, 0.717) is 6.07 Å². The Labute approximate surface area is 122 Å². The molecule has 0 aliphatic rings. The third-order valence-electron chi connectivity index (χ3n) is 2.96. The minimum atomic E-state index is -4.19. The monoisotopic (exact) mass is 320 g/mol. The summed E-state index contributed by atoms with van der Waals surface area (Å²) in [5, 5.41) is 19.8. The Kier molecular flexibility index (Phi) is 5.76. The van der Waals surface area contributed by atoms with Crippen molar-refractivity contribution in [2.24, 2.45) is 5.92 Å². The zero-order valence-corrected chi connectivity index (χ0v) is 12.4. The summed E-state index contributed by atoms with van der Waals surface area (Å²) >= 11 is 0. The highest BCUT2D eigenvalue weighted by Crippen LogP contribution is 2.25. The number of nitro groups is 1. The van der Waals surface area contributed by atoms with E-state index in [1.807, 2.05) is 0 Å². The Balaban J connectivity index is 3.22. The van der Waals surface area contributed by atoms with Crippen LogP contribution in [0.5, 0.6) is 0 Å². The lowest BCUT2D eigenvalue weighted by Gasteiger charge is -2.21. The summed E-state index contributed by atoms with van der Waals surface area (Å²) in [7, 11) is -4.19. The van der Waals surface area contributed by atoms with Crippen LogP contribution in [0.25, 0.3) is 0 Å². The first-order chi connectivity index (χ1) is 9.69. The van der Waals surface area contributed by atoms with E-state index in [1.165, 1.54) is 0 Å². The number of benzene rings is 1. The van der Waals surface area contributed by atoms with Crippen LogP contribution in [0.3, 0.4) is 0 Å². The molecule has 0 heterocycles. The van der Waals surface area contributed by atoms with Crippen molar-refractivity contribution in [1.82, 2.24) is 4.72 Å². The fourth-order valence-electron chi connectivity index (χ4n) is 1.79. The van der Waals surface area contributed by atoms with Gasteiger partial charge in [0.05, 0.1) is 11.0 Å². The highest BCUT2D eigenvalue weighted by Gasteiger charge is 2.29. The molecule has 1 rings (SSSR count). The zero-order chi connectivity index (χ0) is 16.2. The van der Waals surface area contributed by atoms with Gasteiger partial charge < -0.3 is 5.11 Å². The predicted octanol–water partition coefficient (Wildman–Crippen LogP) is 1.42. The van der Waals surface area contributed by atoms with Gasteiger partial charge in [-0.05, 0) is 24.5 Å². The number of nitrogens with zero attached hydrogens (tertiary/aromatic N) is 1. The maximum atomic E-state index is 13.1. The van der Waals surface area contributed by atoms with E-state index in [0.717, 1.165) is 12.1 Å². The molecule has 0 saturated heterocycles. The molecule has 2 N–H and O–H groups in total. The average molecular weight is 320 g/mol. The van der Waals surface area contributed by atoms with E-state index in [2.05, 4.69) is 4.72 Å². The number of aliphatic hydroxyl groups is 1. The molecule has 0 spiro atoms. The minimum absolute atomic E-state index is 0.119.